The second-order valence-electron chi connectivity index (χ2n) is 7.56. The van der Waals surface area contributed by atoms with Crippen molar-refractivity contribution in [1.82, 2.24) is 29.5 Å². The molecule has 0 saturated carbocycles. The molecule has 2 fully saturated rings. The second-order valence-corrected chi connectivity index (χ2v) is 7.56. The maximum absolute atomic E-state index is 5.60. The maximum atomic E-state index is 5.60. The Bertz CT molecular complexity index is 719. The van der Waals surface area contributed by atoms with Gasteiger partial charge in [0.15, 0.2) is 5.82 Å². The van der Waals surface area contributed by atoms with Crippen molar-refractivity contribution in [3.05, 3.63) is 41.7 Å². The predicted molar refractivity (Wildman–Crippen MR) is 104 cm³/mol. The van der Waals surface area contributed by atoms with Crippen LogP contribution in [-0.4, -0.2) is 76.0 Å². The lowest BCUT2D eigenvalue weighted by Gasteiger charge is -2.36. The fourth-order valence-corrected chi connectivity index (χ4v) is 4.12. The van der Waals surface area contributed by atoms with Crippen LogP contribution in [0.4, 0.5) is 0 Å². The van der Waals surface area contributed by atoms with Crippen LogP contribution < -0.4 is 0 Å². The topological polar surface area (TPSA) is 59.3 Å². The number of ether oxygens (including phenoxy) is 1. The van der Waals surface area contributed by atoms with Crippen LogP contribution in [0.2, 0.25) is 0 Å². The first kappa shape index (κ1) is 18.5. The van der Waals surface area contributed by atoms with Crippen LogP contribution >= 0.6 is 0 Å². The van der Waals surface area contributed by atoms with E-state index >= 15 is 0 Å². The van der Waals surface area contributed by atoms with Gasteiger partial charge in [0.25, 0.3) is 0 Å². The number of morpholine rings is 1. The summed E-state index contributed by atoms with van der Waals surface area (Å²) in [5.41, 5.74) is 1.18. The number of aromatic nitrogens is 4. The molecule has 0 aliphatic carbocycles. The average Bonchev–Trinajstić information content (AvgIpc) is 3.14. The number of pyridine rings is 1. The van der Waals surface area contributed by atoms with E-state index in [1.165, 1.54) is 5.56 Å². The number of hydrogen-bond acceptors (Lipinski definition) is 6. The molecule has 2 aromatic rings. The van der Waals surface area contributed by atoms with E-state index in [4.69, 9.17) is 14.8 Å². The van der Waals surface area contributed by atoms with Gasteiger partial charge in [-0.15, -0.1) is 0 Å². The molecule has 1 atom stereocenters. The van der Waals surface area contributed by atoms with Gasteiger partial charge in [0.2, 0.25) is 0 Å². The lowest BCUT2D eigenvalue weighted by molar-refractivity contribution is 0.0209. The molecule has 0 aromatic carbocycles. The number of hydrogen-bond donors (Lipinski definition) is 0. The van der Waals surface area contributed by atoms with Gasteiger partial charge in [-0.05, 0) is 44.6 Å². The summed E-state index contributed by atoms with van der Waals surface area (Å²) >= 11 is 0. The van der Waals surface area contributed by atoms with Crippen molar-refractivity contribution in [3.63, 3.8) is 0 Å². The molecule has 7 heteroatoms. The highest BCUT2D eigenvalue weighted by Gasteiger charge is 2.32. The van der Waals surface area contributed by atoms with E-state index in [1.807, 2.05) is 18.5 Å². The first-order valence-electron chi connectivity index (χ1n) is 10.1. The standard InChI is InChI=1S/C20H30N6O/c1-3-18-22-20(26(23-18)17-6-9-24(2)10-7-17)19(16-5-4-8-21-15-16)25-11-13-27-14-12-25/h4-5,8,15,17,19H,3,6-7,9-14H2,1-2H3. The molecule has 0 bridgehead atoms. The molecule has 0 amide bonds. The van der Waals surface area contributed by atoms with Crippen LogP contribution in [0.1, 0.15) is 49.1 Å². The minimum Gasteiger partial charge on any atom is -0.379 e. The Labute approximate surface area is 161 Å². The van der Waals surface area contributed by atoms with Crippen LogP contribution in [0.5, 0.6) is 0 Å². The van der Waals surface area contributed by atoms with Crippen molar-refractivity contribution in [2.75, 3.05) is 46.4 Å². The zero-order chi connectivity index (χ0) is 18.6. The Morgan fingerprint density at radius 1 is 1.19 bits per heavy atom. The average molecular weight is 371 g/mol. The lowest BCUT2D eigenvalue weighted by atomic mass is 10.0. The van der Waals surface area contributed by atoms with Gasteiger partial charge in [0.1, 0.15) is 5.82 Å². The summed E-state index contributed by atoms with van der Waals surface area (Å²) in [4.78, 5) is 14.3. The highest BCUT2D eigenvalue weighted by atomic mass is 16.5. The third-order valence-electron chi connectivity index (χ3n) is 5.71. The van der Waals surface area contributed by atoms with Gasteiger partial charge < -0.3 is 9.64 Å². The summed E-state index contributed by atoms with van der Waals surface area (Å²) in [7, 11) is 2.20. The summed E-state index contributed by atoms with van der Waals surface area (Å²) in [5, 5.41) is 4.93. The van der Waals surface area contributed by atoms with Crippen molar-refractivity contribution in [2.24, 2.45) is 0 Å². The van der Waals surface area contributed by atoms with Gasteiger partial charge in [-0.25, -0.2) is 9.67 Å². The van der Waals surface area contributed by atoms with Gasteiger partial charge in [-0.3, -0.25) is 9.88 Å². The molecule has 0 radical (unpaired) electrons. The van der Waals surface area contributed by atoms with Crippen LogP contribution in [0.25, 0.3) is 0 Å². The number of piperidine rings is 1. The zero-order valence-electron chi connectivity index (χ0n) is 16.4. The fourth-order valence-electron chi connectivity index (χ4n) is 4.12. The molecule has 1 unspecified atom stereocenters. The van der Waals surface area contributed by atoms with Crippen molar-refractivity contribution in [1.29, 1.82) is 0 Å². The van der Waals surface area contributed by atoms with Crippen LogP contribution in [0, 0.1) is 0 Å². The molecule has 2 aliphatic rings. The molecular formula is C20H30N6O. The smallest absolute Gasteiger partial charge is 0.150 e. The van der Waals surface area contributed by atoms with E-state index < -0.39 is 0 Å². The van der Waals surface area contributed by atoms with Crippen molar-refractivity contribution < 1.29 is 4.74 Å². The summed E-state index contributed by atoms with van der Waals surface area (Å²) in [6, 6.07) is 4.67. The Morgan fingerprint density at radius 3 is 2.63 bits per heavy atom. The van der Waals surface area contributed by atoms with Gasteiger partial charge in [-0.2, -0.15) is 5.10 Å². The quantitative estimate of drug-likeness (QED) is 0.801. The van der Waals surface area contributed by atoms with Gasteiger partial charge in [-0.1, -0.05) is 13.0 Å². The van der Waals surface area contributed by atoms with Gasteiger partial charge in [0.05, 0.1) is 25.3 Å². The Balaban J connectivity index is 1.73. The molecular weight excluding hydrogens is 340 g/mol. The highest BCUT2D eigenvalue weighted by Crippen LogP contribution is 2.32. The second kappa shape index (κ2) is 8.46. The zero-order valence-corrected chi connectivity index (χ0v) is 16.4. The molecule has 146 valence electrons. The van der Waals surface area contributed by atoms with E-state index in [9.17, 15) is 0 Å². The third kappa shape index (κ3) is 4.05. The number of rotatable bonds is 5. The summed E-state index contributed by atoms with van der Waals surface area (Å²) in [5.74, 6) is 2.00. The molecule has 7 nitrogen and oxygen atoms in total. The molecule has 2 aliphatic heterocycles. The van der Waals surface area contributed by atoms with E-state index in [-0.39, 0.29) is 6.04 Å². The predicted octanol–water partition coefficient (Wildman–Crippen LogP) is 1.92. The number of aryl methyl sites for hydroxylation is 1. The number of likely N-dealkylation sites (tertiary alicyclic amines) is 1. The van der Waals surface area contributed by atoms with E-state index in [1.54, 1.807) is 0 Å². The van der Waals surface area contributed by atoms with Crippen LogP contribution in [0.15, 0.2) is 24.5 Å². The van der Waals surface area contributed by atoms with Gasteiger partial charge in [0, 0.05) is 31.9 Å². The largest absolute Gasteiger partial charge is 0.379 e. The SMILES string of the molecule is CCc1nc(C(c2cccnc2)N2CCOCC2)n(C2CCN(C)CC2)n1. The van der Waals surface area contributed by atoms with E-state index in [0.29, 0.717) is 6.04 Å². The molecule has 2 aromatic heterocycles. The molecule has 27 heavy (non-hydrogen) atoms. The molecule has 0 spiro atoms. The maximum Gasteiger partial charge on any atom is 0.150 e. The molecule has 2 saturated heterocycles. The molecule has 0 N–H and O–H groups in total. The summed E-state index contributed by atoms with van der Waals surface area (Å²) in [6.07, 6.45) is 6.91. The molecule has 4 heterocycles. The lowest BCUT2D eigenvalue weighted by Crippen LogP contribution is -2.41. The fraction of sp³-hybridized carbons (Fsp3) is 0.650. The summed E-state index contributed by atoms with van der Waals surface area (Å²) < 4.78 is 7.84. The minimum atomic E-state index is 0.0788. The Kier molecular flexibility index (Phi) is 5.80. The monoisotopic (exact) mass is 370 g/mol. The van der Waals surface area contributed by atoms with Crippen molar-refractivity contribution in [3.8, 4) is 0 Å². The Morgan fingerprint density at radius 2 is 1.96 bits per heavy atom. The van der Waals surface area contributed by atoms with E-state index in [2.05, 4.69) is 39.5 Å². The molecule has 4 rings (SSSR count). The van der Waals surface area contributed by atoms with E-state index in [0.717, 1.165) is 70.3 Å². The van der Waals surface area contributed by atoms with Crippen molar-refractivity contribution >= 4 is 0 Å². The Hall–Kier alpha value is -1.83. The summed E-state index contributed by atoms with van der Waals surface area (Å²) in [6.45, 7) is 7.69. The van der Waals surface area contributed by atoms with Crippen LogP contribution in [0.3, 0.4) is 0 Å². The van der Waals surface area contributed by atoms with Crippen LogP contribution in [-0.2, 0) is 11.2 Å². The third-order valence-corrected chi connectivity index (χ3v) is 5.71. The normalized spacial score (nSPS) is 21.4. The van der Waals surface area contributed by atoms with Gasteiger partial charge >= 0.3 is 0 Å². The first-order chi connectivity index (χ1) is 13.3. The first-order valence-corrected chi connectivity index (χ1v) is 10.1. The van der Waals surface area contributed by atoms with Crippen molar-refractivity contribution in [2.45, 2.75) is 38.3 Å². The number of nitrogens with zero attached hydrogens (tertiary/aromatic N) is 6. The minimum absolute atomic E-state index is 0.0788. The highest BCUT2D eigenvalue weighted by molar-refractivity contribution is 5.23.